The smallest absolute Gasteiger partial charge is 0.241 e. The molecule has 0 fully saturated rings. The van der Waals surface area contributed by atoms with E-state index in [0.29, 0.717) is 18.8 Å². The van der Waals surface area contributed by atoms with Crippen molar-refractivity contribution in [2.45, 2.75) is 37.9 Å². The number of carbonyl (C=O) groups is 2. The molecule has 1 atom stereocenters. The summed E-state index contributed by atoms with van der Waals surface area (Å²) in [6.45, 7) is 3.61. The Hall–Kier alpha value is -3.49. The fourth-order valence-corrected chi connectivity index (χ4v) is 4.56. The number of nitrogens with one attached hydrogen (secondary N) is 2. The first-order chi connectivity index (χ1) is 15.7. The van der Waals surface area contributed by atoms with E-state index in [0.717, 1.165) is 11.1 Å². The molecule has 0 saturated heterocycles. The molecule has 0 aliphatic carbocycles. The first kappa shape index (κ1) is 24.2. The van der Waals surface area contributed by atoms with Crippen molar-refractivity contribution < 1.29 is 18.0 Å². The predicted molar refractivity (Wildman–Crippen MR) is 128 cm³/mol. The van der Waals surface area contributed by atoms with Crippen LogP contribution >= 0.6 is 0 Å². The molecule has 0 radical (unpaired) electrons. The van der Waals surface area contributed by atoms with Gasteiger partial charge in [-0.1, -0.05) is 60.7 Å². The predicted octanol–water partition coefficient (Wildman–Crippen LogP) is 3.54. The molecule has 0 aliphatic heterocycles. The van der Waals surface area contributed by atoms with Crippen LogP contribution in [0.2, 0.25) is 0 Å². The molecule has 0 aromatic heterocycles. The second-order valence-corrected chi connectivity index (χ2v) is 9.43. The average molecular weight is 466 g/mol. The van der Waals surface area contributed by atoms with Crippen LogP contribution in [0.5, 0.6) is 0 Å². The van der Waals surface area contributed by atoms with Crippen LogP contribution in [-0.4, -0.2) is 31.2 Å². The number of hydrogen-bond acceptors (Lipinski definition) is 4. The Kier molecular flexibility index (Phi) is 7.97. The SMILES string of the molecule is CC(=O)Nc1ccc(S(=O)(=O)N[C@@H](C)C(=O)N(Cc2ccccc2)Cc2ccccc2)cc1. The molecule has 0 heterocycles. The minimum Gasteiger partial charge on any atom is -0.333 e. The summed E-state index contributed by atoms with van der Waals surface area (Å²) in [4.78, 5) is 26.1. The lowest BCUT2D eigenvalue weighted by Gasteiger charge is -2.26. The van der Waals surface area contributed by atoms with E-state index in [1.807, 2.05) is 60.7 Å². The first-order valence-electron chi connectivity index (χ1n) is 10.5. The highest BCUT2D eigenvalue weighted by molar-refractivity contribution is 7.89. The van der Waals surface area contributed by atoms with Crippen molar-refractivity contribution in [1.29, 1.82) is 0 Å². The summed E-state index contributed by atoms with van der Waals surface area (Å²) >= 11 is 0. The fraction of sp³-hybridized carbons (Fsp3) is 0.200. The summed E-state index contributed by atoms with van der Waals surface area (Å²) in [5.74, 6) is -0.582. The summed E-state index contributed by atoms with van der Waals surface area (Å²) < 4.78 is 28.2. The van der Waals surface area contributed by atoms with E-state index in [-0.39, 0.29) is 16.7 Å². The zero-order valence-corrected chi connectivity index (χ0v) is 19.4. The number of hydrogen-bond donors (Lipinski definition) is 2. The third-order valence-electron chi connectivity index (χ3n) is 4.93. The van der Waals surface area contributed by atoms with Crippen LogP contribution in [0.3, 0.4) is 0 Å². The summed E-state index contributed by atoms with van der Waals surface area (Å²) in [6.07, 6.45) is 0. The standard InChI is InChI=1S/C25H27N3O4S/c1-19(27-33(31,32)24-15-13-23(14-16-24)26-20(2)29)25(30)28(17-21-9-5-3-6-10-21)18-22-11-7-4-8-12-22/h3-16,19,27H,17-18H2,1-2H3,(H,26,29)/t19-/m0/s1. The molecule has 2 N–H and O–H groups in total. The van der Waals surface area contributed by atoms with Crippen LogP contribution in [0.4, 0.5) is 5.69 Å². The maximum atomic E-state index is 13.3. The molecule has 8 heteroatoms. The third kappa shape index (κ3) is 7.00. The fourth-order valence-electron chi connectivity index (χ4n) is 3.37. The van der Waals surface area contributed by atoms with Crippen LogP contribution in [0.25, 0.3) is 0 Å². The maximum Gasteiger partial charge on any atom is 0.241 e. The quantitative estimate of drug-likeness (QED) is 0.505. The molecule has 3 aromatic carbocycles. The van der Waals surface area contributed by atoms with Gasteiger partial charge in [0.2, 0.25) is 21.8 Å². The maximum absolute atomic E-state index is 13.3. The Labute approximate surface area is 194 Å². The molecule has 0 saturated carbocycles. The number of benzene rings is 3. The minimum absolute atomic E-state index is 0.00826. The molecule has 2 amide bonds. The Morgan fingerprint density at radius 1 is 0.818 bits per heavy atom. The van der Waals surface area contributed by atoms with E-state index < -0.39 is 16.1 Å². The van der Waals surface area contributed by atoms with E-state index in [1.165, 1.54) is 38.1 Å². The minimum atomic E-state index is -3.94. The van der Waals surface area contributed by atoms with E-state index >= 15 is 0 Å². The first-order valence-corrected chi connectivity index (χ1v) is 12.0. The summed E-state index contributed by atoms with van der Waals surface area (Å²) in [7, 11) is -3.94. The van der Waals surface area contributed by atoms with Crippen LogP contribution in [0.15, 0.2) is 89.8 Å². The highest BCUT2D eigenvalue weighted by Crippen LogP contribution is 2.16. The summed E-state index contributed by atoms with van der Waals surface area (Å²) in [6, 6.07) is 23.9. The van der Waals surface area contributed by atoms with Gasteiger partial charge in [-0.15, -0.1) is 0 Å². The zero-order chi connectivity index (χ0) is 23.8. The van der Waals surface area contributed by atoms with Crippen LogP contribution in [0.1, 0.15) is 25.0 Å². The van der Waals surface area contributed by atoms with E-state index in [4.69, 9.17) is 0 Å². The molecular formula is C25H27N3O4S. The molecule has 0 aliphatic rings. The number of rotatable bonds is 9. The molecular weight excluding hydrogens is 438 g/mol. The Balaban J connectivity index is 1.76. The highest BCUT2D eigenvalue weighted by atomic mass is 32.2. The van der Waals surface area contributed by atoms with Crippen molar-refractivity contribution in [2.75, 3.05) is 5.32 Å². The topological polar surface area (TPSA) is 95.6 Å². The molecule has 7 nitrogen and oxygen atoms in total. The number of amides is 2. The van der Waals surface area contributed by atoms with Crippen LogP contribution < -0.4 is 10.0 Å². The summed E-state index contributed by atoms with van der Waals surface area (Å²) in [5, 5.41) is 2.59. The number of carbonyl (C=O) groups excluding carboxylic acids is 2. The Morgan fingerprint density at radius 3 is 1.76 bits per heavy atom. The Bertz CT molecular complexity index is 1140. The van der Waals surface area contributed by atoms with Crippen molar-refractivity contribution >= 4 is 27.5 Å². The van der Waals surface area contributed by atoms with Gasteiger partial charge in [0.25, 0.3) is 0 Å². The normalized spacial score (nSPS) is 12.1. The zero-order valence-electron chi connectivity index (χ0n) is 18.6. The molecule has 3 rings (SSSR count). The molecule has 0 unspecified atom stereocenters. The Morgan fingerprint density at radius 2 is 1.30 bits per heavy atom. The van der Waals surface area contributed by atoms with Gasteiger partial charge in [0.15, 0.2) is 0 Å². The second kappa shape index (κ2) is 10.9. The third-order valence-corrected chi connectivity index (χ3v) is 6.49. The number of nitrogens with zero attached hydrogens (tertiary/aromatic N) is 1. The molecule has 0 spiro atoms. The lowest BCUT2D eigenvalue weighted by Crippen LogP contribution is -2.46. The van der Waals surface area contributed by atoms with Crippen molar-refractivity contribution in [3.8, 4) is 0 Å². The van der Waals surface area contributed by atoms with Gasteiger partial charge in [-0.25, -0.2) is 8.42 Å². The number of sulfonamides is 1. The molecule has 0 bridgehead atoms. The number of anilines is 1. The van der Waals surface area contributed by atoms with Gasteiger partial charge in [-0.3, -0.25) is 9.59 Å². The van der Waals surface area contributed by atoms with Crippen LogP contribution in [-0.2, 0) is 32.7 Å². The van der Waals surface area contributed by atoms with Gasteiger partial charge in [-0.05, 0) is 42.3 Å². The van der Waals surface area contributed by atoms with Gasteiger partial charge >= 0.3 is 0 Å². The van der Waals surface area contributed by atoms with Gasteiger partial charge < -0.3 is 10.2 Å². The van der Waals surface area contributed by atoms with Crippen molar-refractivity contribution in [1.82, 2.24) is 9.62 Å². The van der Waals surface area contributed by atoms with E-state index in [1.54, 1.807) is 4.90 Å². The van der Waals surface area contributed by atoms with Crippen LogP contribution in [0, 0.1) is 0 Å². The summed E-state index contributed by atoms with van der Waals surface area (Å²) in [5.41, 5.74) is 2.39. The monoisotopic (exact) mass is 465 g/mol. The van der Waals surface area contributed by atoms with Crippen molar-refractivity contribution in [3.05, 3.63) is 96.1 Å². The highest BCUT2D eigenvalue weighted by Gasteiger charge is 2.26. The van der Waals surface area contributed by atoms with E-state index in [9.17, 15) is 18.0 Å². The van der Waals surface area contributed by atoms with Crippen molar-refractivity contribution in [3.63, 3.8) is 0 Å². The van der Waals surface area contributed by atoms with Gasteiger partial charge in [-0.2, -0.15) is 4.72 Å². The lowest BCUT2D eigenvalue weighted by molar-refractivity contribution is -0.133. The van der Waals surface area contributed by atoms with Crippen molar-refractivity contribution in [2.24, 2.45) is 0 Å². The molecule has 3 aromatic rings. The van der Waals surface area contributed by atoms with Gasteiger partial charge in [0.1, 0.15) is 0 Å². The van der Waals surface area contributed by atoms with E-state index in [2.05, 4.69) is 10.0 Å². The average Bonchev–Trinajstić information content (AvgIpc) is 2.79. The molecule has 172 valence electrons. The second-order valence-electron chi connectivity index (χ2n) is 7.71. The lowest BCUT2D eigenvalue weighted by atomic mass is 10.1. The largest absolute Gasteiger partial charge is 0.333 e. The molecule has 33 heavy (non-hydrogen) atoms. The van der Waals surface area contributed by atoms with Gasteiger partial charge in [0, 0.05) is 25.7 Å². The van der Waals surface area contributed by atoms with Gasteiger partial charge in [0.05, 0.1) is 10.9 Å².